The van der Waals surface area contributed by atoms with E-state index in [1.807, 2.05) is 43.3 Å². The molecule has 0 spiro atoms. The van der Waals surface area contributed by atoms with E-state index in [1.165, 1.54) is 0 Å². The number of benzene rings is 1. The van der Waals surface area contributed by atoms with Gasteiger partial charge in [-0.15, -0.1) is 0 Å². The molecule has 0 bridgehead atoms. The SMILES string of the molecule is CSC(=O)C(C#N)=C(C)NC(C)c1ccccc1. The summed E-state index contributed by atoms with van der Waals surface area (Å²) in [5.74, 6) is 0. The summed E-state index contributed by atoms with van der Waals surface area (Å²) < 4.78 is 0. The van der Waals surface area contributed by atoms with Crippen LogP contribution >= 0.6 is 11.8 Å². The fourth-order valence-electron chi connectivity index (χ4n) is 1.61. The van der Waals surface area contributed by atoms with Gasteiger partial charge in [0.15, 0.2) is 0 Å². The lowest BCUT2D eigenvalue weighted by Gasteiger charge is -2.16. The van der Waals surface area contributed by atoms with Crippen molar-refractivity contribution in [2.45, 2.75) is 19.9 Å². The number of hydrogen-bond acceptors (Lipinski definition) is 4. The van der Waals surface area contributed by atoms with Gasteiger partial charge in [-0.1, -0.05) is 42.1 Å². The van der Waals surface area contributed by atoms with E-state index in [0.717, 1.165) is 17.3 Å². The van der Waals surface area contributed by atoms with Crippen molar-refractivity contribution < 1.29 is 4.79 Å². The van der Waals surface area contributed by atoms with Gasteiger partial charge >= 0.3 is 0 Å². The van der Waals surface area contributed by atoms with Gasteiger partial charge in [0.2, 0.25) is 5.12 Å². The lowest BCUT2D eigenvalue weighted by Crippen LogP contribution is -2.19. The van der Waals surface area contributed by atoms with Crippen molar-refractivity contribution in [3.8, 4) is 6.07 Å². The summed E-state index contributed by atoms with van der Waals surface area (Å²) >= 11 is 1.05. The Morgan fingerprint density at radius 2 is 2.00 bits per heavy atom. The van der Waals surface area contributed by atoms with Crippen LogP contribution in [0.1, 0.15) is 25.5 Å². The van der Waals surface area contributed by atoms with Crippen LogP contribution in [0.2, 0.25) is 0 Å². The Bertz CT molecular complexity index is 488. The highest BCUT2D eigenvalue weighted by Crippen LogP contribution is 2.16. The summed E-state index contributed by atoms with van der Waals surface area (Å²) in [6.07, 6.45) is 1.67. The Kier molecular flexibility index (Phi) is 5.47. The molecule has 0 saturated heterocycles. The van der Waals surface area contributed by atoms with Crippen molar-refractivity contribution in [1.82, 2.24) is 5.32 Å². The number of carbonyl (C=O) groups is 1. The normalized spacial score (nSPS) is 13.2. The first-order chi connectivity index (χ1) is 8.60. The van der Waals surface area contributed by atoms with Crippen LogP contribution in [0.15, 0.2) is 41.6 Å². The number of rotatable bonds is 4. The van der Waals surface area contributed by atoms with Crippen LogP contribution < -0.4 is 5.32 Å². The first-order valence-corrected chi connectivity index (χ1v) is 6.83. The highest BCUT2D eigenvalue weighted by molar-refractivity contribution is 8.13. The summed E-state index contributed by atoms with van der Waals surface area (Å²) in [5.41, 5.74) is 1.92. The van der Waals surface area contributed by atoms with E-state index in [9.17, 15) is 4.79 Å². The lowest BCUT2D eigenvalue weighted by molar-refractivity contribution is -0.107. The van der Waals surface area contributed by atoms with E-state index in [1.54, 1.807) is 13.2 Å². The molecule has 1 aromatic carbocycles. The predicted molar refractivity (Wildman–Crippen MR) is 74.8 cm³/mol. The molecule has 0 aromatic heterocycles. The third-order valence-electron chi connectivity index (χ3n) is 2.61. The molecule has 1 rings (SSSR count). The van der Waals surface area contributed by atoms with Crippen LogP contribution in [-0.2, 0) is 4.79 Å². The maximum absolute atomic E-state index is 11.5. The Morgan fingerprint density at radius 3 is 2.50 bits per heavy atom. The molecule has 94 valence electrons. The first-order valence-electron chi connectivity index (χ1n) is 5.61. The number of carbonyl (C=O) groups excluding carboxylic acids is 1. The second-order valence-electron chi connectivity index (χ2n) is 3.88. The topological polar surface area (TPSA) is 52.9 Å². The van der Waals surface area contributed by atoms with Crippen molar-refractivity contribution >= 4 is 16.9 Å². The molecule has 4 heteroatoms. The van der Waals surface area contributed by atoms with Gasteiger partial charge < -0.3 is 5.32 Å². The molecule has 0 aliphatic heterocycles. The van der Waals surface area contributed by atoms with Crippen molar-refractivity contribution in [3.63, 3.8) is 0 Å². The third kappa shape index (κ3) is 3.64. The fourth-order valence-corrected chi connectivity index (χ4v) is 2.01. The molecular weight excluding hydrogens is 244 g/mol. The van der Waals surface area contributed by atoms with E-state index in [4.69, 9.17) is 5.26 Å². The quantitative estimate of drug-likeness (QED) is 0.668. The van der Waals surface area contributed by atoms with Gasteiger partial charge in [0.25, 0.3) is 0 Å². The smallest absolute Gasteiger partial charge is 0.231 e. The summed E-state index contributed by atoms with van der Waals surface area (Å²) in [5, 5.41) is 12.0. The van der Waals surface area contributed by atoms with E-state index in [2.05, 4.69) is 5.32 Å². The Balaban J connectivity index is 2.87. The van der Waals surface area contributed by atoms with Crippen molar-refractivity contribution in [3.05, 3.63) is 47.2 Å². The summed E-state index contributed by atoms with van der Waals surface area (Å²) in [6.45, 7) is 3.75. The van der Waals surface area contributed by atoms with E-state index >= 15 is 0 Å². The molecule has 1 aromatic rings. The van der Waals surface area contributed by atoms with Gasteiger partial charge in [0, 0.05) is 11.7 Å². The Hall–Kier alpha value is -1.73. The zero-order valence-electron chi connectivity index (χ0n) is 10.7. The monoisotopic (exact) mass is 260 g/mol. The minimum atomic E-state index is -0.206. The zero-order valence-corrected chi connectivity index (χ0v) is 11.5. The molecular formula is C14H16N2OS. The minimum Gasteiger partial charge on any atom is -0.381 e. The maximum atomic E-state index is 11.5. The van der Waals surface area contributed by atoms with Gasteiger partial charge in [-0.2, -0.15) is 5.26 Å². The number of hydrogen-bond donors (Lipinski definition) is 1. The number of nitriles is 1. The van der Waals surface area contributed by atoms with Crippen LogP contribution in [0.5, 0.6) is 0 Å². The lowest BCUT2D eigenvalue weighted by atomic mass is 10.1. The Morgan fingerprint density at radius 1 is 1.39 bits per heavy atom. The van der Waals surface area contributed by atoms with Crippen molar-refractivity contribution in [2.75, 3.05) is 6.26 Å². The molecule has 1 N–H and O–H groups in total. The maximum Gasteiger partial charge on any atom is 0.231 e. The molecule has 0 heterocycles. The molecule has 3 nitrogen and oxygen atoms in total. The van der Waals surface area contributed by atoms with Crippen molar-refractivity contribution in [2.24, 2.45) is 0 Å². The Labute approximate surface area is 112 Å². The van der Waals surface area contributed by atoms with E-state index in [-0.39, 0.29) is 16.7 Å². The van der Waals surface area contributed by atoms with Crippen LogP contribution in [0.25, 0.3) is 0 Å². The molecule has 1 atom stereocenters. The molecule has 0 amide bonds. The molecule has 0 aliphatic rings. The number of nitrogens with zero attached hydrogens (tertiary/aromatic N) is 1. The van der Waals surface area contributed by atoms with Gasteiger partial charge in [-0.05, 0) is 25.7 Å². The average molecular weight is 260 g/mol. The van der Waals surface area contributed by atoms with Gasteiger partial charge in [0.05, 0.1) is 0 Å². The van der Waals surface area contributed by atoms with Crippen LogP contribution in [0.3, 0.4) is 0 Å². The molecule has 0 aliphatic carbocycles. The van der Waals surface area contributed by atoms with Crippen molar-refractivity contribution in [1.29, 1.82) is 5.26 Å². The fraction of sp³-hybridized carbons (Fsp3) is 0.286. The summed E-state index contributed by atoms with van der Waals surface area (Å²) in [4.78, 5) is 11.5. The third-order valence-corrected chi connectivity index (χ3v) is 3.18. The second-order valence-corrected chi connectivity index (χ2v) is 4.66. The van der Waals surface area contributed by atoms with Gasteiger partial charge in [-0.25, -0.2) is 0 Å². The second kappa shape index (κ2) is 6.87. The average Bonchev–Trinajstić information content (AvgIpc) is 2.40. The van der Waals surface area contributed by atoms with E-state index in [0.29, 0.717) is 5.70 Å². The van der Waals surface area contributed by atoms with Crippen LogP contribution in [-0.4, -0.2) is 11.4 Å². The van der Waals surface area contributed by atoms with Gasteiger partial charge in [-0.3, -0.25) is 4.79 Å². The molecule has 1 unspecified atom stereocenters. The zero-order chi connectivity index (χ0) is 13.5. The molecule has 0 radical (unpaired) electrons. The van der Waals surface area contributed by atoms with E-state index < -0.39 is 0 Å². The molecule has 0 fully saturated rings. The first kappa shape index (κ1) is 14.3. The minimum absolute atomic E-state index is 0.0595. The standard InChI is InChI=1S/C14H16N2OS/c1-10(12-7-5-4-6-8-12)16-11(2)13(9-15)14(17)18-3/h4-8,10,16H,1-3H3. The number of nitrogens with one attached hydrogen (secondary N) is 1. The largest absolute Gasteiger partial charge is 0.381 e. The van der Waals surface area contributed by atoms with Crippen LogP contribution in [0, 0.1) is 11.3 Å². The van der Waals surface area contributed by atoms with Gasteiger partial charge in [0.1, 0.15) is 11.6 Å². The number of allylic oxidation sites excluding steroid dienone is 1. The highest BCUT2D eigenvalue weighted by Gasteiger charge is 2.13. The summed E-state index contributed by atoms with van der Waals surface area (Å²) in [6, 6.07) is 11.9. The number of thioether (sulfide) groups is 1. The molecule has 18 heavy (non-hydrogen) atoms. The van der Waals surface area contributed by atoms with Crippen LogP contribution in [0.4, 0.5) is 0 Å². The highest BCUT2D eigenvalue weighted by atomic mass is 32.2. The molecule has 0 saturated carbocycles. The predicted octanol–water partition coefficient (Wildman–Crippen LogP) is 3.02. The summed E-state index contributed by atoms with van der Waals surface area (Å²) in [7, 11) is 0.